The molecule has 0 aliphatic heterocycles. The maximum atomic E-state index is 12.4. The number of carbonyl (C=O) groups excluding carboxylic acids is 1. The van der Waals surface area contributed by atoms with E-state index in [1.165, 1.54) is 26.0 Å². The fourth-order valence-electron chi connectivity index (χ4n) is 1.15. The summed E-state index contributed by atoms with van der Waals surface area (Å²) in [5, 5.41) is 0. The number of rotatable bonds is 1. The highest BCUT2D eigenvalue weighted by atomic mass is 19.4. The van der Waals surface area contributed by atoms with Crippen LogP contribution in [0.25, 0.3) is 0 Å². The summed E-state index contributed by atoms with van der Waals surface area (Å²) in [4.78, 5) is 10.9. The van der Waals surface area contributed by atoms with Crippen LogP contribution in [0, 0.1) is 6.92 Å². The lowest BCUT2D eigenvalue weighted by Gasteiger charge is -2.10. The van der Waals surface area contributed by atoms with Gasteiger partial charge in [-0.15, -0.1) is 0 Å². The highest BCUT2D eigenvalue weighted by Crippen LogP contribution is 2.32. The summed E-state index contributed by atoms with van der Waals surface area (Å²) in [6, 6.07) is 3.59. The predicted molar refractivity (Wildman–Crippen MR) is 46.2 cm³/mol. The van der Waals surface area contributed by atoms with Crippen molar-refractivity contribution in [3.05, 3.63) is 34.9 Å². The quantitative estimate of drug-likeness (QED) is 0.639. The number of alkyl halides is 3. The average molecular weight is 202 g/mol. The Morgan fingerprint density at radius 3 is 2.29 bits per heavy atom. The number of Topliss-reactive ketones (excluding diaryl/α,β-unsaturated/α-hetero) is 1. The lowest BCUT2D eigenvalue weighted by Crippen LogP contribution is -2.09. The SMILES string of the molecule is CC(=O)c1ccc(C)c(C(F)(F)F)c1. The molecular formula is C10H9F3O. The molecular weight excluding hydrogens is 193 g/mol. The summed E-state index contributed by atoms with van der Waals surface area (Å²) in [5.74, 6) is -0.365. The lowest BCUT2D eigenvalue weighted by molar-refractivity contribution is -0.138. The number of hydrogen-bond acceptors (Lipinski definition) is 1. The van der Waals surface area contributed by atoms with Crippen LogP contribution in [-0.4, -0.2) is 5.78 Å². The lowest BCUT2D eigenvalue weighted by atomic mass is 10.0. The molecule has 0 fully saturated rings. The second-order valence-electron chi connectivity index (χ2n) is 3.08. The number of benzene rings is 1. The van der Waals surface area contributed by atoms with Gasteiger partial charge >= 0.3 is 6.18 Å². The van der Waals surface area contributed by atoms with E-state index in [1.807, 2.05) is 0 Å². The molecule has 0 bridgehead atoms. The molecule has 76 valence electrons. The van der Waals surface area contributed by atoms with Gasteiger partial charge in [-0.25, -0.2) is 0 Å². The Bertz CT molecular complexity index is 366. The maximum absolute atomic E-state index is 12.4. The third-order valence-electron chi connectivity index (χ3n) is 1.95. The molecule has 0 N–H and O–H groups in total. The van der Waals surface area contributed by atoms with Crippen molar-refractivity contribution in [2.45, 2.75) is 20.0 Å². The molecule has 14 heavy (non-hydrogen) atoms. The van der Waals surface area contributed by atoms with Crippen molar-refractivity contribution in [2.75, 3.05) is 0 Å². The Labute approximate surface area is 79.5 Å². The van der Waals surface area contributed by atoms with Gasteiger partial charge in [0.25, 0.3) is 0 Å². The summed E-state index contributed by atoms with van der Waals surface area (Å²) in [6.45, 7) is 2.61. The van der Waals surface area contributed by atoms with E-state index in [9.17, 15) is 18.0 Å². The summed E-state index contributed by atoms with van der Waals surface area (Å²) >= 11 is 0. The zero-order valence-electron chi connectivity index (χ0n) is 7.77. The van der Waals surface area contributed by atoms with E-state index in [0.717, 1.165) is 6.07 Å². The maximum Gasteiger partial charge on any atom is 0.416 e. The van der Waals surface area contributed by atoms with Gasteiger partial charge < -0.3 is 0 Å². The van der Waals surface area contributed by atoms with Crippen LogP contribution in [0.4, 0.5) is 13.2 Å². The van der Waals surface area contributed by atoms with E-state index in [2.05, 4.69) is 0 Å². The molecule has 0 spiro atoms. The topological polar surface area (TPSA) is 17.1 Å². The molecule has 1 rings (SSSR count). The zero-order chi connectivity index (χ0) is 10.9. The Morgan fingerprint density at radius 1 is 1.29 bits per heavy atom. The van der Waals surface area contributed by atoms with Crippen molar-refractivity contribution in [1.29, 1.82) is 0 Å². The smallest absolute Gasteiger partial charge is 0.295 e. The van der Waals surface area contributed by atoms with E-state index in [0.29, 0.717) is 0 Å². The molecule has 0 atom stereocenters. The summed E-state index contributed by atoms with van der Waals surface area (Å²) in [5.41, 5.74) is -0.532. The molecule has 0 heterocycles. The fourth-order valence-corrected chi connectivity index (χ4v) is 1.15. The van der Waals surface area contributed by atoms with Gasteiger partial charge in [-0.2, -0.15) is 13.2 Å². The van der Waals surface area contributed by atoms with Gasteiger partial charge in [-0.05, 0) is 25.5 Å². The Balaban J connectivity index is 3.29. The molecule has 0 saturated heterocycles. The van der Waals surface area contributed by atoms with Crippen molar-refractivity contribution in [2.24, 2.45) is 0 Å². The van der Waals surface area contributed by atoms with Crippen molar-refractivity contribution >= 4 is 5.78 Å². The van der Waals surface area contributed by atoms with Crippen LogP contribution in [0.5, 0.6) is 0 Å². The van der Waals surface area contributed by atoms with E-state index in [1.54, 1.807) is 0 Å². The second-order valence-corrected chi connectivity index (χ2v) is 3.08. The predicted octanol–water partition coefficient (Wildman–Crippen LogP) is 3.22. The van der Waals surface area contributed by atoms with Crippen LogP contribution in [-0.2, 0) is 6.18 Å². The fraction of sp³-hybridized carbons (Fsp3) is 0.300. The molecule has 1 aromatic carbocycles. The average Bonchev–Trinajstić information content (AvgIpc) is 2.02. The standard InChI is InChI=1S/C10H9F3O/c1-6-3-4-8(7(2)14)5-9(6)10(11,12)13/h3-5H,1-2H3. The third kappa shape index (κ3) is 2.13. The first-order chi connectivity index (χ1) is 6.32. The molecule has 1 aromatic rings. The minimum atomic E-state index is -4.39. The van der Waals surface area contributed by atoms with Crippen molar-refractivity contribution in [3.8, 4) is 0 Å². The van der Waals surface area contributed by atoms with Crippen LogP contribution < -0.4 is 0 Å². The van der Waals surface area contributed by atoms with E-state index >= 15 is 0 Å². The van der Waals surface area contributed by atoms with Crippen LogP contribution in [0.3, 0.4) is 0 Å². The third-order valence-corrected chi connectivity index (χ3v) is 1.95. The minimum absolute atomic E-state index is 0.0860. The normalized spacial score (nSPS) is 11.5. The number of ketones is 1. The second kappa shape index (κ2) is 3.44. The van der Waals surface area contributed by atoms with E-state index in [4.69, 9.17) is 0 Å². The minimum Gasteiger partial charge on any atom is -0.295 e. The van der Waals surface area contributed by atoms with E-state index in [-0.39, 0.29) is 16.9 Å². The highest BCUT2D eigenvalue weighted by Gasteiger charge is 2.32. The van der Waals surface area contributed by atoms with E-state index < -0.39 is 11.7 Å². The van der Waals surface area contributed by atoms with Crippen molar-refractivity contribution < 1.29 is 18.0 Å². The molecule has 1 nitrogen and oxygen atoms in total. The van der Waals surface area contributed by atoms with Gasteiger partial charge in [0.05, 0.1) is 5.56 Å². The molecule has 0 radical (unpaired) electrons. The van der Waals surface area contributed by atoms with Crippen molar-refractivity contribution in [1.82, 2.24) is 0 Å². The molecule has 0 aliphatic carbocycles. The van der Waals surface area contributed by atoms with Crippen LogP contribution in [0.15, 0.2) is 18.2 Å². The largest absolute Gasteiger partial charge is 0.416 e. The summed E-state index contributed by atoms with van der Waals surface area (Å²) < 4.78 is 37.1. The monoisotopic (exact) mass is 202 g/mol. The van der Waals surface area contributed by atoms with Gasteiger partial charge in [0.1, 0.15) is 0 Å². The molecule has 0 amide bonds. The first-order valence-corrected chi connectivity index (χ1v) is 4.01. The number of halogens is 3. The zero-order valence-corrected chi connectivity index (χ0v) is 7.77. The van der Waals surface area contributed by atoms with Gasteiger partial charge in [0.2, 0.25) is 0 Å². The van der Waals surface area contributed by atoms with Gasteiger partial charge in [0.15, 0.2) is 5.78 Å². The highest BCUT2D eigenvalue weighted by molar-refractivity contribution is 5.94. The van der Waals surface area contributed by atoms with Gasteiger partial charge in [-0.3, -0.25) is 4.79 Å². The Morgan fingerprint density at radius 2 is 1.86 bits per heavy atom. The van der Waals surface area contributed by atoms with Crippen LogP contribution >= 0.6 is 0 Å². The molecule has 0 unspecified atom stereocenters. The molecule has 0 aromatic heterocycles. The Hall–Kier alpha value is -1.32. The number of hydrogen-bond donors (Lipinski definition) is 0. The van der Waals surface area contributed by atoms with Gasteiger partial charge in [-0.1, -0.05) is 12.1 Å². The number of aryl methyl sites for hydroxylation is 1. The molecule has 0 saturated carbocycles. The van der Waals surface area contributed by atoms with Gasteiger partial charge in [0, 0.05) is 5.56 Å². The molecule has 4 heteroatoms. The Kier molecular flexibility index (Phi) is 2.64. The van der Waals surface area contributed by atoms with Crippen molar-refractivity contribution in [3.63, 3.8) is 0 Å². The first kappa shape index (κ1) is 10.8. The summed E-state index contributed by atoms with van der Waals surface area (Å²) in [6.07, 6.45) is -4.39. The first-order valence-electron chi connectivity index (χ1n) is 4.01. The van der Waals surface area contributed by atoms with Crippen LogP contribution in [0.2, 0.25) is 0 Å². The summed E-state index contributed by atoms with van der Waals surface area (Å²) in [7, 11) is 0. The number of carbonyl (C=O) groups is 1. The van der Waals surface area contributed by atoms with Crippen LogP contribution in [0.1, 0.15) is 28.4 Å². The molecule has 0 aliphatic rings.